The van der Waals surface area contributed by atoms with Crippen LogP contribution in [0.2, 0.25) is 0 Å². The molecule has 0 fully saturated rings. The molecule has 0 aliphatic rings. The SMILES string of the molecule is CCCN(CC(=O)O)C(=O)c1csc(Cc2ccccc2F)n1. The third kappa shape index (κ3) is 4.59. The summed E-state index contributed by atoms with van der Waals surface area (Å²) in [5.74, 6) is -1.78. The standard InChI is InChI=1S/C16H17FN2O3S/c1-2-7-19(9-15(20)21)16(22)13-10-23-14(18-13)8-11-5-3-4-6-12(11)17/h3-6,10H,2,7-9H2,1H3,(H,20,21). The molecule has 0 bridgehead atoms. The number of hydrogen-bond donors (Lipinski definition) is 1. The monoisotopic (exact) mass is 336 g/mol. The van der Waals surface area contributed by atoms with Crippen LogP contribution in [0.5, 0.6) is 0 Å². The molecule has 1 aromatic carbocycles. The summed E-state index contributed by atoms with van der Waals surface area (Å²) in [5, 5.41) is 11.1. The Labute approximate surface area is 137 Å². The molecule has 0 aliphatic heterocycles. The van der Waals surface area contributed by atoms with Crippen LogP contribution in [0.3, 0.4) is 0 Å². The quantitative estimate of drug-likeness (QED) is 0.844. The number of thiazole rings is 1. The van der Waals surface area contributed by atoms with Crippen LogP contribution < -0.4 is 0 Å². The van der Waals surface area contributed by atoms with Crippen molar-refractivity contribution in [1.29, 1.82) is 0 Å². The molecule has 7 heteroatoms. The highest BCUT2D eigenvalue weighted by Gasteiger charge is 2.20. The highest BCUT2D eigenvalue weighted by atomic mass is 32.1. The van der Waals surface area contributed by atoms with E-state index in [4.69, 9.17) is 5.11 Å². The van der Waals surface area contributed by atoms with Crippen molar-refractivity contribution in [2.24, 2.45) is 0 Å². The normalized spacial score (nSPS) is 10.5. The van der Waals surface area contributed by atoms with Gasteiger partial charge in [-0.15, -0.1) is 11.3 Å². The van der Waals surface area contributed by atoms with Crippen molar-refractivity contribution < 1.29 is 19.1 Å². The molecule has 0 saturated heterocycles. The zero-order valence-electron chi connectivity index (χ0n) is 12.7. The molecule has 5 nitrogen and oxygen atoms in total. The molecule has 0 aliphatic carbocycles. The first-order chi connectivity index (χ1) is 11.0. The largest absolute Gasteiger partial charge is 0.480 e. The maximum atomic E-state index is 13.6. The zero-order chi connectivity index (χ0) is 16.8. The van der Waals surface area contributed by atoms with E-state index in [-0.39, 0.29) is 18.1 Å². The lowest BCUT2D eigenvalue weighted by atomic mass is 10.1. The average Bonchev–Trinajstić information content (AvgIpc) is 2.96. The Hall–Kier alpha value is -2.28. The molecular formula is C16H17FN2O3S. The minimum Gasteiger partial charge on any atom is -0.480 e. The number of carbonyl (C=O) groups is 2. The molecule has 0 unspecified atom stereocenters. The minimum atomic E-state index is -1.06. The Morgan fingerprint density at radius 2 is 2.09 bits per heavy atom. The maximum absolute atomic E-state index is 13.6. The van der Waals surface area contributed by atoms with Gasteiger partial charge in [-0.2, -0.15) is 0 Å². The van der Waals surface area contributed by atoms with Crippen LogP contribution in [0, 0.1) is 5.82 Å². The average molecular weight is 336 g/mol. The van der Waals surface area contributed by atoms with Gasteiger partial charge in [0.15, 0.2) is 0 Å². The number of hydrogen-bond acceptors (Lipinski definition) is 4. The molecule has 1 amide bonds. The van der Waals surface area contributed by atoms with Gasteiger partial charge in [-0.1, -0.05) is 25.1 Å². The van der Waals surface area contributed by atoms with E-state index in [0.717, 1.165) is 0 Å². The van der Waals surface area contributed by atoms with Gasteiger partial charge in [0.1, 0.15) is 18.1 Å². The van der Waals surface area contributed by atoms with Crippen molar-refractivity contribution in [3.8, 4) is 0 Å². The van der Waals surface area contributed by atoms with Crippen LogP contribution in [0.25, 0.3) is 0 Å². The zero-order valence-corrected chi connectivity index (χ0v) is 13.5. The first kappa shape index (κ1) is 17.1. The first-order valence-corrected chi connectivity index (χ1v) is 8.08. The number of halogens is 1. The van der Waals surface area contributed by atoms with Gasteiger partial charge in [0.25, 0.3) is 5.91 Å². The van der Waals surface area contributed by atoms with Crippen LogP contribution in [0.1, 0.15) is 34.4 Å². The predicted molar refractivity (Wildman–Crippen MR) is 85.2 cm³/mol. The van der Waals surface area contributed by atoms with Gasteiger partial charge in [-0.3, -0.25) is 9.59 Å². The fraction of sp³-hybridized carbons (Fsp3) is 0.312. The Kier molecular flexibility index (Phi) is 5.81. The molecule has 0 spiro atoms. The van der Waals surface area contributed by atoms with E-state index in [1.807, 2.05) is 6.92 Å². The summed E-state index contributed by atoms with van der Waals surface area (Å²) in [4.78, 5) is 28.7. The van der Waals surface area contributed by atoms with E-state index in [1.165, 1.54) is 22.3 Å². The number of carboxylic acids is 1. The smallest absolute Gasteiger partial charge is 0.323 e. The Bertz CT molecular complexity index is 702. The van der Waals surface area contributed by atoms with E-state index in [1.54, 1.807) is 23.6 Å². The van der Waals surface area contributed by atoms with E-state index < -0.39 is 11.9 Å². The highest BCUT2D eigenvalue weighted by Crippen LogP contribution is 2.18. The van der Waals surface area contributed by atoms with Crippen molar-refractivity contribution in [2.75, 3.05) is 13.1 Å². The number of aliphatic carboxylic acids is 1. The second-order valence-electron chi connectivity index (χ2n) is 5.02. The van der Waals surface area contributed by atoms with Crippen LogP contribution in [-0.4, -0.2) is 40.0 Å². The number of carboxylic acid groups (broad SMARTS) is 1. The summed E-state index contributed by atoms with van der Waals surface area (Å²) >= 11 is 1.26. The van der Waals surface area contributed by atoms with E-state index in [9.17, 15) is 14.0 Å². The summed E-state index contributed by atoms with van der Waals surface area (Å²) in [6.07, 6.45) is 0.961. The van der Waals surface area contributed by atoms with Crippen LogP contribution in [0.4, 0.5) is 4.39 Å². The third-order valence-corrected chi connectivity index (χ3v) is 4.03. The lowest BCUT2D eigenvalue weighted by Crippen LogP contribution is -2.36. The fourth-order valence-electron chi connectivity index (χ4n) is 2.14. The Morgan fingerprint density at radius 3 is 2.74 bits per heavy atom. The molecule has 0 saturated carbocycles. The van der Waals surface area contributed by atoms with Crippen LogP contribution >= 0.6 is 11.3 Å². The van der Waals surface area contributed by atoms with Gasteiger partial charge >= 0.3 is 5.97 Å². The first-order valence-electron chi connectivity index (χ1n) is 7.20. The topological polar surface area (TPSA) is 70.5 Å². The third-order valence-electron chi connectivity index (χ3n) is 3.18. The Balaban J connectivity index is 2.12. The van der Waals surface area contributed by atoms with Crippen LogP contribution in [-0.2, 0) is 11.2 Å². The van der Waals surface area contributed by atoms with Gasteiger partial charge < -0.3 is 10.0 Å². The van der Waals surface area contributed by atoms with Crippen molar-refractivity contribution in [3.63, 3.8) is 0 Å². The van der Waals surface area contributed by atoms with Crippen molar-refractivity contribution in [1.82, 2.24) is 9.88 Å². The summed E-state index contributed by atoms with van der Waals surface area (Å²) < 4.78 is 13.6. The van der Waals surface area contributed by atoms with Gasteiger partial charge in [0.05, 0.1) is 5.01 Å². The van der Waals surface area contributed by atoms with Gasteiger partial charge in [0.2, 0.25) is 0 Å². The second-order valence-corrected chi connectivity index (χ2v) is 5.96. The van der Waals surface area contributed by atoms with Gasteiger partial charge in [-0.05, 0) is 18.1 Å². The number of nitrogens with zero attached hydrogens (tertiary/aromatic N) is 2. The van der Waals surface area contributed by atoms with E-state index in [2.05, 4.69) is 4.98 Å². The summed E-state index contributed by atoms with van der Waals surface area (Å²) in [6, 6.07) is 6.41. The molecular weight excluding hydrogens is 319 g/mol. The summed E-state index contributed by atoms with van der Waals surface area (Å²) in [6.45, 7) is 1.87. The van der Waals surface area contributed by atoms with E-state index in [0.29, 0.717) is 30.0 Å². The lowest BCUT2D eigenvalue weighted by Gasteiger charge is -2.18. The highest BCUT2D eigenvalue weighted by molar-refractivity contribution is 7.09. The molecule has 2 rings (SSSR count). The molecule has 122 valence electrons. The van der Waals surface area contributed by atoms with Crippen molar-refractivity contribution in [3.05, 3.63) is 51.7 Å². The number of amides is 1. The number of aromatic nitrogens is 1. The fourth-order valence-corrected chi connectivity index (χ4v) is 2.93. The van der Waals surface area contributed by atoms with Crippen LogP contribution in [0.15, 0.2) is 29.6 Å². The molecule has 0 radical (unpaired) electrons. The number of rotatable bonds is 7. The van der Waals surface area contributed by atoms with Crippen molar-refractivity contribution >= 4 is 23.2 Å². The molecule has 23 heavy (non-hydrogen) atoms. The molecule has 1 aromatic heterocycles. The maximum Gasteiger partial charge on any atom is 0.323 e. The number of benzene rings is 1. The molecule has 0 atom stereocenters. The lowest BCUT2D eigenvalue weighted by molar-refractivity contribution is -0.137. The van der Waals surface area contributed by atoms with Gasteiger partial charge in [0, 0.05) is 18.3 Å². The minimum absolute atomic E-state index is 0.205. The molecule has 1 heterocycles. The van der Waals surface area contributed by atoms with Crippen molar-refractivity contribution in [2.45, 2.75) is 19.8 Å². The number of carbonyl (C=O) groups excluding carboxylic acids is 1. The predicted octanol–water partition coefficient (Wildman–Crippen LogP) is 2.81. The molecule has 2 aromatic rings. The molecule has 1 N–H and O–H groups in total. The summed E-state index contributed by atoms with van der Waals surface area (Å²) in [7, 11) is 0. The Morgan fingerprint density at radius 1 is 1.35 bits per heavy atom. The summed E-state index contributed by atoms with van der Waals surface area (Å²) in [5.41, 5.74) is 0.716. The van der Waals surface area contributed by atoms with E-state index >= 15 is 0 Å². The van der Waals surface area contributed by atoms with Gasteiger partial charge in [-0.25, -0.2) is 9.37 Å². The second kappa shape index (κ2) is 7.82.